The van der Waals surface area contributed by atoms with Gasteiger partial charge in [-0.05, 0) is 47.6 Å². The van der Waals surface area contributed by atoms with Crippen LogP contribution in [0.4, 0.5) is 0 Å². The van der Waals surface area contributed by atoms with Crippen molar-refractivity contribution in [3.63, 3.8) is 0 Å². The van der Waals surface area contributed by atoms with Gasteiger partial charge in [-0.2, -0.15) is 0 Å². The lowest BCUT2D eigenvalue weighted by atomic mass is 9.83. The van der Waals surface area contributed by atoms with E-state index in [0.717, 1.165) is 16.0 Å². The molecule has 1 saturated carbocycles. The fourth-order valence-corrected chi connectivity index (χ4v) is 3.54. The van der Waals surface area contributed by atoms with Crippen LogP contribution in [0.1, 0.15) is 60.8 Å². The summed E-state index contributed by atoms with van der Waals surface area (Å²) in [6, 6.07) is 17.2. The molecule has 2 aromatic rings. The van der Waals surface area contributed by atoms with Gasteiger partial charge in [0.25, 0.3) is 0 Å². The number of rotatable bonds is 3. The Kier molecular flexibility index (Phi) is 4.77. The number of hydrogen-bond donors (Lipinski definition) is 1. The molecule has 2 heteroatoms. The van der Waals surface area contributed by atoms with Gasteiger partial charge in [-0.3, -0.25) is 0 Å². The highest BCUT2D eigenvalue weighted by Crippen LogP contribution is 2.33. The molecule has 0 aromatic heterocycles. The predicted molar refractivity (Wildman–Crippen MR) is 92.4 cm³/mol. The average Bonchev–Trinajstić information content (AvgIpc) is 2.56. The molecule has 0 saturated heterocycles. The number of benzene rings is 2. The molecule has 21 heavy (non-hydrogen) atoms. The van der Waals surface area contributed by atoms with Crippen molar-refractivity contribution in [2.45, 2.75) is 44.1 Å². The maximum absolute atomic E-state index is 6.38. The quantitative estimate of drug-likeness (QED) is 0.777. The van der Waals surface area contributed by atoms with Crippen LogP contribution in [0.5, 0.6) is 0 Å². The minimum atomic E-state index is -0.0431. The third-order valence-corrected chi connectivity index (χ3v) is 5.13. The van der Waals surface area contributed by atoms with Crippen LogP contribution >= 0.6 is 15.9 Å². The predicted octanol–water partition coefficient (Wildman–Crippen LogP) is 5.54. The van der Waals surface area contributed by atoms with Crippen LogP contribution < -0.4 is 5.73 Å². The molecule has 0 aliphatic heterocycles. The Morgan fingerprint density at radius 1 is 0.810 bits per heavy atom. The van der Waals surface area contributed by atoms with Gasteiger partial charge in [-0.15, -0.1) is 0 Å². The Balaban J connectivity index is 1.75. The molecule has 0 amide bonds. The van der Waals surface area contributed by atoms with Crippen LogP contribution in [0.2, 0.25) is 0 Å². The Morgan fingerprint density at radius 2 is 1.33 bits per heavy atom. The number of nitrogens with two attached hydrogens (primary N) is 1. The molecule has 1 unspecified atom stereocenters. The highest BCUT2D eigenvalue weighted by molar-refractivity contribution is 9.10. The van der Waals surface area contributed by atoms with Crippen molar-refractivity contribution < 1.29 is 0 Å². The minimum Gasteiger partial charge on any atom is -0.320 e. The third kappa shape index (κ3) is 3.56. The molecule has 110 valence electrons. The van der Waals surface area contributed by atoms with Crippen LogP contribution in [0, 0.1) is 0 Å². The van der Waals surface area contributed by atoms with Gasteiger partial charge in [-0.25, -0.2) is 0 Å². The van der Waals surface area contributed by atoms with Crippen LogP contribution in [-0.4, -0.2) is 0 Å². The lowest BCUT2D eigenvalue weighted by Gasteiger charge is -2.22. The minimum absolute atomic E-state index is 0.0431. The van der Waals surface area contributed by atoms with Crippen LogP contribution in [-0.2, 0) is 0 Å². The van der Waals surface area contributed by atoms with E-state index in [9.17, 15) is 0 Å². The zero-order valence-electron chi connectivity index (χ0n) is 12.3. The first kappa shape index (κ1) is 14.8. The normalized spacial score (nSPS) is 17.6. The summed E-state index contributed by atoms with van der Waals surface area (Å²) in [4.78, 5) is 0. The Labute approximate surface area is 135 Å². The van der Waals surface area contributed by atoms with Gasteiger partial charge in [-0.1, -0.05) is 71.6 Å². The maximum Gasteiger partial charge on any atom is 0.0551 e. The summed E-state index contributed by atoms with van der Waals surface area (Å²) in [7, 11) is 0. The Hall–Kier alpha value is -1.12. The highest BCUT2D eigenvalue weighted by atomic mass is 79.9. The van der Waals surface area contributed by atoms with Crippen molar-refractivity contribution in [1.82, 2.24) is 0 Å². The molecule has 1 atom stereocenters. The SMILES string of the molecule is NC(c1ccc(Br)cc1)c1ccc(C2CCCCC2)cc1. The van der Waals surface area contributed by atoms with E-state index >= 15 is 0 Å². The third-order valence-electron chi connectivity index (χ3n) is 4.60. The molecule has 2 aromatic carbocycles. The van der Waals surface area contributed by atoms with E-state index < -0.39 is 0 Å². The first-order valence-electron chi connectivity index (χ1n) is 7.85. The van der Waals surface area contributed by atoms with E-state index in [1.54, 1.807) is 0 Å². The molecule has 1 fully saturated rings. The summed E-state index contributed by atoms with van der Waals surface area (Å²) in [5.74, 6) is 0.761. The summed E-state index contributed by atoms with van der Waals surface area (Å²) in [6.07, 6.45) is 6.86. The van der Waals surface area contributed by atoms with Crippen LogP contribution in [0.25, 0.3) is 0 Å². The first-order valence-corrected chi connectivity index (χ1v) is 8.64. The molecule has 2 N–H and O–H groups in total. The largest absolute Gasteiger partial charge is 0.320 e. The van der Waals surface area contributed by atoms with Gasteiger partial charge in [0.15, 0.2) is 0 Å². The van der Waals surface area contributed by atoms with Gasteiger partial charge in [0.2, 0.25) is 0 Å². The summed E-state index contributed by atoms with van der Waals surface area (Å²) < 4.78 is 1.09. The van der Waals surface area contributed by atoms with E-state index in [0.29, 0.717) is 0 Å². The molecule has 1 aliphatic rings. The van der Waals surface area contributed by atoms with Gasteiger partial charge in [0, 0.05) is 4.47 Å². The van der Waals surface area contributed by atoms with Gasteiger partial charge < -0.3 is 5.73 Å². The smallest absolute Gasteiger partial charge is 0.0551 e. The molecule has 0 heterocycles. The molecular weight excluding hydrogens is 322 g/mol. The van der Waals surface area contributed by atoms with Crippen molar-refractivity contribution in [1.29, 1.82) is 0 Å². The fourth-order valence-electron chi connectivity index (χ4n) is 3.27. The van der Waals surface area contributed by atoms with Crippen molar-refractivity contribution in [3.8, 4) is 0 Å². The van der Waals surface area contributed by atoms with E-state index in [-0.39, 0.29) is 6.04 Å². The Bertz CT molecular complexity index is 568. The summed E-state index contributed by atoms with van der Waals surface area (Å²) in [6.45, 7) is 0. The topological polar surface area (TPSA) is 26.0 Å². The van der Waals surface area contributed by atoms with Gasteiger partial charge in [0.05, 0.1) is 6.04 Å². The molecule has 3 rings (SSSR count). The number of halogens is 1. The molecule has 0 spiro atoms. The van der Waals surface area contributed by atoms with Crippen molar-refractivity contribution in [2.75, 3.05) is 0 Å². The average molecular weight is 344 g/mol. The summed E-state index contributed by atoms with van der Waals surface area (Å²) >= 11 is 3.46. The number of hydrogen-bond acceptors (Lipinski definition) is 1. The first-order chi connectivity index (χ1) is 10.2. The Morgan fingerprint density at radius 3 is 1.90 bits per heavy atom. The molecule has 1 aliphatic carbocycles. The van der Waals surface area contributed by atoms with E-state index in [4.69, 9.17) is 5.73 Å². The van der Waals surface area contributed by atoms with E-state index in [1.807, 2.05) is 12.1 Å². The zero-order valence-corrected chi connectivity index (χ0v) is 13.9. The van der Waals surface area contributed by atoms with Crippen molar-refractivity contribution in [3.05, 3.63) is 69.7 Å². The standard InChI is InChI=1S/C19H22BrN/c20-18-12-10-17(11-13-18)19(21)16-8-6-15(7-9-16)14-4-2-1-3-5-14/h6-14,19H,1-5,21H2. The molecule has 1 nitrogen and oxygen atoms in total. The van der Waals surface area contributed by atoms with Gasteiger partial charge in [0.1, 0.15) is 0 Å². The lowest BCUT2D eigenvalue weighted by molar-refractivity contribution is 0.443. The van der Waals surface area contributed by atoms with Crippen molar-refractivity contribution >= 4 is 15.9 Å². The fraction of sp³-hybridized carbons (Fsp3) is 0.368. The van der Waals surface area contributed by atoms with E-state index in [2.05, 4.69) is 52.3 Å². The molecular formula is C19H22BrN. The van der Waals surface area contributed by atoms with Gasteiger partial charge >= 0.3 is 0 Å². The van der Waals surface area contributed by atoms with E-state index in [1.165, 1.54) is 43.2 Å². The maximum atomic E-state index is 6.38. The second kappa shape index (κ2) is 6.76. The van der Waals surface area contributed by atoms with Crippen molar-refractivity contribution in [2.24, 2.45) is 5.73 Å². The molecule has 0 radical (unpaired) electrons. The summed E-state index contributed by atoms with van der Waals surface area (Å²) in [5, 5.41) is 0. The molecule has 0 bridgehead atoms. The second-order valence-corrected chi connectivity index (χ2v) is 6.95. The lowest BCUT2D eigenvalue weighted by Crippen LogP contribution is -2.12. The highest BCUT2D eigenvalue weighted by Gasteiger charge is 2.16. The van der Waals surface area contributed by atoms with Crippen LogP contribution in [0.3, 0.4) is 0 Å². The monoisotopic (exact) mass is 343 g/mol. The van der Waals surface area contributed by atoms with Crippen LogP contribution in [0.15, 0.2) is 53.0 Å². The second-order valence-electron chi connectivity index (χ2n) is 6.03. The summed E-state index contributed by atoms with van der Waals surface area (Å²) in [5.41, 5.74) is 10.2. The zero-order chi connectivity index (χ0) is 14.7.